The number of rotatable bonds is 4. The predicted octanol–water partition coefficient (Wildman–Crippen LogP) is 3.77. The summed E-state index contributed by atoms with van der Waals surface area (Å²) in [5, 5.41) is 21.2. The van der Waals surface area contributed by atoms with Crippen LogP contribution in [0, 0.1) is 11.3 Å². The van der Waals surface area contributed by atoms with Gasteiger partial charge in [-0.15, -0.1) is 0 Å². The SMILES string of the molecule is COc1ccc(C#N)c(Nc2ccc(C(=O)O)cc2Br)c1. The fraction of sp³-hybridized carbons (Fsp3) is 0.0667. The lowest BCUT2D eigenvalue weighted by Crippen LogP contribution is -1.99. The summed E-state index contributed by atoms with van der Waals surface area (Å²) in [5.41, 5.74) is 1.88. The van der Waals surface area contributed by atoms with Gasteiger partial charge in [0.05, 0.1) is 29.6 Å². The number of methoxy groups -OCH3 is 1. The van der Waals surface area contributed by atoms with Gasteiger partial charge in [0.25, 0.3) is 0 Å². The van der Waals surface area contributed by atoms with E-state index in [9.17, 15) is 4.79 Å². The van der Waals surface area contributed by atoms with Crippen LogP contribution in [0.15, 0.2) is 40.9 Å². The van der Waals surface area contributed by atoms with Crippen molar-refractivity contribution in [2.45, 2.75) is 0 Å². The van der Waals surface area contributed by atoms with Gasteiger partial charge in [0.15, 0.2) is 0 Å². The maximum atomic E-state index is 10.9. The highest BCUT2D eigenvalue weighted by Crippen LogP contribution is 2.30. The Morgan fingerprint density at radius 2 is 2.05 bits per heavy atom. The lowest BCUT2D eigenvalue weighted by atomic mass is 10.1. The minimum Gasteiger partial charge on any atom is -0.497 e. The van der Waals surface area contributed by atoms with E-state index in [0.29, 0.717) is 27.2 Å². The first kappa shape index (κ1) is 14.9. The summed E-state index contributed by atoms with van der Waals surface area (Å²) in [6, 6.07) is 11.8. The van der Waals surface area contributed by atoms with Crippen molar-refractivity contribution in [2.75, 3.05) is 12.4 Å². The zero-order chi connectivity index (χ0) is 15.4. The fourth-order valence-corrected chi connectivity index (χ4v) is 2.22. The standard InChI is InChI=1S/C15H11BrN2O3/c1-21-11-4-2-10(8-17)14(7-11)18-13-5-3-9(15(19)20)6-12(13)16/h2-7,18H,1H3,(H,19,20). The van der Waals surface area contributed by atoms with Crippen molar-refractivity contribution in [3.8, 4) is 11.8 Å². The van der Waals surface area contributed by atoms with Crippen LogP contribution in [0.3, 0.4) is 0 Å². The number of nitrogens with zero attached hydrogens (tertiary/aromatic N) is 1. The molecular weight excluding hydrogens is 336 g/mol. The maximum Gasteiger partial charge on any atom is 0.335 e. The molecule has 2 aromatic rings. The summed E-state index contributed by atoms with van der Waals surface area (Å²) in [4.78, 5) is 10.9. The molecule has 0 spiro atoms. The van der Waals surface area contributed by atoms with E-state index in [2.05, 4.69) is 27.3 Å². The van der Waals surface area contributed by atoms with Gasteiger partial charge in [-0.2, -0.15) is 5.26 Å². The van der Waals surface area contributed by atoms with Crippen molar-refractivity contribution in [3.05, 3.63) is 52.0 Å². The van der Waals surface area contributed by atoms with Gasteiger partial charge in [-0.1, -0.05) is 0 Å². The van der Waals surface area contributed by atoms with E-state index in [1.165, 1.54) is 12.1 Å². The lowest BCUT2D eigenvalue weighted by Gasteiger charge is -2.12. The molecule has 0 unspecified atom stereocenters. The molecule has 2 N–H and O–H groups in total. The van der Waals surface area contributed by atoms with Crippen molar-refractivity contribution in [3.63, 3.8) is 0 Å². The van der Waals surface area contributed by atoms with Crippen LogP contribution in [0.25, 0.3) is 0 Å². The molecule has 0 saturated carbocycles. The van der Waals surface area contributed by atoms with Gasteiger partial charge in [-0.05, 0) is 46.3 Å². The number of nitrogens with one attached hydrogen (secondary N) is 1. The number of carboxylic acids is 1. The average molecular weight is 347 g/mol. The number of hydrogen-bond donors (Lipinski definition) is 2. The second-order valence-electron chi connectivity index (χ2n) is 4.15. The number of carboxylic acid groups (broad SMARTS) is 1. The maximum absolute atomic E-state index is 10.9. The third-order valence-electron chi connectivity index (χ3n) is 2.83. The Hall–Kier alpha value is -2.52. The van der Waals surface area contributed by atoms with Crippen LogP contribution in [-0.2, 0) is 0 Å². The molecule has 0 aromatic heterocycles. The Morgan fingerprint density at radius 3 is 2.62 bits per heavy atom. The van der Waals surface area contributed by atoms with E-state index < -0.39 is 5.97 Å². The average Bonchev–Trinajstić information content (AvgIpc) is 2.49. The number of anilines is 2. The third kappa shape index (κ3) is 3.33. The molecule has 0 atom stereocenters. The first-order chi connectivity index (χ1) is 10.0. The molecule has 2 rings (SSSR count). The quantitative estimate of drug-likeness (QED) is 0.880. The summed E-state index contributed by atoms with van der Waals surface area (Å²) >= 11 is 3.31. The van der Waals surface area contributed by atoms with Gasteiger partial charge in [0.1, 0.15) is 11.8 Å². The Labute approximate surface area is 129 Å². The molecule has 0 aliphatic heterocycles. The van der Waals surface area contributed by atoms with Gasteiger partial charge in [0, 0.05) is 10.5 Å². The topological polar surface area (TPSA) is 82.3 Å². The Kier molecular flexibility index (Phi) is 4.45. The van der Waals surface area contributed by atoms with E-state index in [4.69, 9.17) is 15.1 Å². The molecule has 0 aliphatic carbocycles. The highest BCUT2D eigenvalue weighted by Gasteiger charge is 2.09. The number of carbonyl (C=O) groups is 1. The largest absolute Gasteiger partial charge is 0.497 e. The molecule has 0 fully saturated rings. The first-order valence-electron chi connectivity index (χ1n) is 5.93. The summed E-state index contributed by atoms with van der Waals surface area (Å²) in [7, 11) is 1.54. The molecule has 0 amide bonds. The van der Waals surface area contributed by atoms with Crippen molar-refractivity contribution >= 4 is 33.3 Å². The summed E-state index contributed by atoms with van der Waals surface area (Å²) in [6.07, 6.45) is 0. The number of ether oxygens (including phenoxy) is 1. The minimum absolute atomic E-state index is 0.179. The van der Waals surface area contributed by atoms with Crippen molar-refractivity contribution in [1.82, 2.24) is 0 Å². The van der Waals surface area contributed by atoms with Crippen molar-refractivity contribution < 1.29 is 14.6 Å². The van der Waals surface area contributed by atoms with Crippen LogP contribution in [0.4, 0.5) is 11.4 Å². The van der Waals surface area contributed by atoms with Crippen LogP contribution in [0.5, 0.6) is 5.75 Å². The van der Waals surface area contributed by atoms with Crippen molar-refractivity contribution in [1.29, 1.82) is 5.26 Å². The van der Waals surface area contributed by atoms with E-state index in [1.807, 2.05) is 0 Å². The van der Waals surface area contributed by atoms with E-state index in [-0.39, 0.29) is 5.56 Å². The number of aromatic carboxylic acids is 1. The monoisotopic (exact) mass is 346 g/mol. The number of halogens is 1. The van der Waals surface area contributed by atoms with E-state index >= 15 is 0 Å². The van der Waals surface area contributed by atoms with Crippen molar-refractivity contribution in [2.24, 2.45) is 0 Å². The van der Waals surface area contributed by atoms with Gasteiger partial charge < -0.3 is 15.2 Å². The van der Waals surface area contributed by atoms with Crippen LogP contribution in [0.2, 0.25) is 0 Å². The minimum atomic E-state index is -0.999. The Bertz CT molecular complexity index is 738. The zero-order valence-electron chi connectivity index (χ0n) is 11.1. The van der Waals surface area contributed by atoms with Crippen LogP contribution >= 0.6 is 15.9 Å². The van der Waals surface area contributed by atoms with E-state index in [0.717, 1.165) is 0 Å². The fourth-order valence-electron chi connectivity index (χ4n) is 1.75. The third-order valence-corrected chi connectivity index (χ3v) is 3.49. The van der Waals surface area contributed by atoms with E-state index in [1.54, 1.807) is 31.4 Å². The highest BCUT2D eigenvalue weighted by atomic mass is 79.9. The molecule has 0 bridgehead atoms. The molecule has 21 heavy (non-hydrogen) atoms. The molecular formula is C15H11BrN2O3. The molecule has 6 heteroatoms. The van der Waals surface area contributed by atoms with Gasteiger partial charge in [-0.3, -0.25) is 0 Å². The highest BCUT2D eigenvalue weighted by molar-refractivity contribution is 9.10. The molecule has 0 aliphatic rings. The summed E-state index contributed by atoms with van der Waals surface area (Å²) in [5.74, 6) is -0.379. The van der Waals surface area contributed by atoms with Gasteiger partial charge >= 0.3 is 5.97 Å². The lowest BCUT2D eigenvalue weighted by molar-refractivity contribution is 0.0697. The normalized spacial score (nSPS) is 9.76. The zero-order valence-corrected chi connectivity index (χ0v) is 12.6. The molecule has 5 nitrogen and oxygen atoms in total. The van der Waals surface area contributed by atoms with Crippen LogP contribution in [0.1, 0.15) is 15.9 Å². The second kappa shape index (κ2) is 6.29. The predicted molar refractivity (Wildman–Crippen MR) is 82.1 cm³/mol. The van der Waals surface area contributed by atoms with Crippen LogP contribution < -0.4 is 10.1 Å². The Balaban J connectivity index is 2.38. The molecule has 106 valence electrons. The second-order valence-corrected chi connectivity index (χ2v) is 5.00. The molecule has 0 radical (unpaired) electrons. The first-order valence-corrected chi connectivity index (χ1v) is 6.72. The summed E-state index contributed by atoms with van der Waals surface area (Å²) in [6.45, 7) is 0. The Morgan fingerprint density at radius 1 is 1.29 bits per heavy atom. The summed E-state index contributed by atoms with van der Waals surface area (Å²) < 4.78 is 5.73. The molecule has 0 heterocycles. The van der Waals surface area contributed by atoms with Crippen LogP contribution in [-0.4, -0.2) is 18.2 Å². The molecule has 2 aromatic carbocycles. The number of hydrogen-bond acceptors (Lipinski definition) is 4. The molecule has 0 saturated heterocycles. The van der Waals surface area contributed by atoms with Gasteiger partial charge in [0.2, 0.25) is 0 Å². The number of benzene rings is 2. The number of nitriles is 1. The smallest absolute Gasteiger partial charge is 0.335 e. The van der Waals surface area contributed by atoms with Gasteiger partial charge in [-0.25, -0.2) is 4.79 Å².